The molecular formula is C19H20N4O2S. The van der Waals surface area contributed by atoms with E-state index in [1.807, 2.05) is 58.9 Å². The lowest BCUT2D eigenvalue weighted by Gasteiger charge is -2.21. The van der Waals surface area contributed by atoms with Crippen LogP contribution in [0.3, 0.4) is 0 Å². The number of rotatable bonds is 7. The lowest BCUT2D eigenvalue weighted by molar-refractivity contribution is -0.129. The number of hydrogen-bond acceptors (Lipinski definition) is 5. The number of para-hydroxylation sites is 1. The van der Waals surface area contributed by atoms with Crippen molar-refractivity contribution in [2.45, 2.75) is 37.5 Å². The minimum atomic E-state index is 0.106. The Balaban J connectivity index is 1.42. The molecule has 0 saturated heterocycles. The number of carbonyl (C=O) groups is 1. The van der Waals surface area contributed by atoms with E-state index in [0.29, 0.717) is 23.5 Å². The minimum Gasteiger partial charge on any atom is -0.464 e. The molecule has 1 aliphatic carbocycles. The summed E-state index contributed by atoms with van der Waals surface area (Å²) in [6.45, 7) is 2.45. The number of aromatic nitrogens is 3. The van der Waals surface area contributed by atoms with E-state index in [1.54, 1.807) is 6.33 Å². The Hall–Kier alpha value is -2.54. The van der Waals surface area contributed by atoms with Crippen molar-refractivity contribution < 1.29 is 9.21 Å². The fourth-order valence-electron chi connectivity index (χ4n) is 2.84. The van der Waals surface area contributed by atoms with Gasteiger partial charge in [0.1, 0.15) is 17.8 Å². The SMILES string of the molecule is Cc1ccc(CN(C(=O)CSc2nncn2-c2ccccc2)C2CC2)o1. The number of benzene rings is 1. The Bertz CT molecular complexity index is 886. The van der Waals surface area contributed by atoms with Gasteiger partial charge in [-0.3, -0.25) is 9.36 Å². The lowest BCUT2D eigenvalue weighted by atomic mass is 10.3. The molecule has 1 saturated carbocycles. The highest BCUT2D eigenvalue weighted by molar-refractivity contribution is 7.99. The number of aryl methyl sites for hydroxylation is 1. The largest absolute Gasteiger partial charge is 0.464 e. The average molecular weight is 368 g/mol. The molecule has 3 aromatic rings. The molecule has 0 N–H and O–H groups in total. The minimum absolute atomic E-state index is 0.106. The van der Waals surface area contributed by atoms with Crippen LogP contribution in [0, 0.1) is 6.92 Å². The van der Waals surface area contributed by atoms with Crippen molar-refractivity contribution in [3.8, 4) is 5.69 Å². The maximum atomic E-state index is 12.8. The molecule has 4 rings (SSSR count). The van der Waals surface area contributed by atoms with Crippen LogP contribution in [-0.4, -0.2) is 37.4 Å². The Morgan fingerprint density at radius 2 is 2.08 bits per heavy atom. The summed E-state index contributed by atoms with van der Waals surface area (Å²) < 4.78 is 7.54. The van der Waals surface area contributed by atoms with E-state index in [2.05, 4.69) is 10.2 Å². The summed E-state index contributed by atoms with van der Waals surface area (Å²) in [5, 5.41) is 8.87. The standard InChI is InChI=1S/C19H20N4O2S/c1-14-7-10-17(25-14)11-22(16-8-9-16)18(24)12-26-19-21-20-13-23(19)15-5-3-2-4-6-15/h2-7,10,13,16H,8-9,11-12H2,1H3. The van der Waals surface area contributed by atoms with Gasteiger partial charge in [-0.25, -0.2) is 0 Å². The molecule has 2 aromatic heterocycles. The smallest absolute Gasteiger partial charge is 0.233 e. The van der Waals surface area contributed by atoms with Crippen LogP contribution in [-0.2, 0) is 11.3 Å². The fraction of sp³-hybridized carbons (Fsp3) is 0.316. The first-order valence-corrected chi connectivity index (χ1v) is 9.62. The maximum Gasteiger partial charge on any atom is 0.233 e. The molecule has 7 heteroatoms. The van der Waals surface area contributed by atoms with E-state index in [4.69, 9.17) is 4.42 Å². The van der Waals surface area contributed by atoms with Gasteiger partial charge in [0.2, 0.25) is 5.91 Å². The molecule has 2 heterocycles. The molecule has 1 fully saturated rings. The van der Waals surface area contributed by atoms with Crippen molar-refractivity contribution in [2.75, 3.05) is 5.75 Å². The molecule has 26 heavy (non-hydrogen) atoms. The van der Waals surface area contributed by atoms with E-state index in [9.17, 15) is 4.79 Å². The highest BCUT2D eigenvalue weighted by atomic mass is 32.2. The van der Waals surface area contributed by atoms with Crippen molar-refractivity contribution >= 4 is 17.7 Å². The number of carbonyl (C=O) groups excluding carboxylic acids is 1. The first-order chi connectivity index (χ1) is 12.7. The summed E-state index contributed by atoms with van der Waals surface area (Å²) in [5.41, 5.74) is 0.984. The zero-order valence-corrected chi connectivity index (χ0v) is 15.4. The van der Waals surface area contributed by atoms with Crippen LogP contribution < -0.4 is 0 Å². The molecule has 1 amide bonds. The summed E-state index contributed by atoms with van der Waals surface area (Å²) in [5.74, 6) is 2.14. The summed E-state index contributed by atoms with van der Waals surface area (Å²) >= 11 is 1.41. The van der Waals surface area contributed by atoms with E-state index in [1.165, 1.54) is 11.8 Å². The molecule has 0 aliphatic heterocycles. The molecule has 0 spiro atoms. The molecular weight excluding hydrogens is 348 g/mol. The second-order valence-electron chi connectivity index (χ2n) is 6.37. The van der Waals surface area contributed by atoms with Gasteiger partial charge in [-0.2, -0.15) is 0 Å². The maximum absolute atomic E-state index is 12.8. The molecule has 0 atom stereocenters. The van der Waals surface area contributed by atoms with Gasteiger partial charge in [-0.15, -0.1) is 10.2 Å². The van der Waals surface area contributed by atoms with Crippen molar-refractivity contribution in [3.63, 3.8) is 0 Å². The van der Waals surface area contributed by atoms with Gasteiger partial charge in [0.15, 0.2) is 5.16 Å². The molecule has 0 unspecified atom stereocenters. The average Bonchev–Trinajstić information content (AvgIpc) is 3.24. The van der Waals surface area contributed by atoms with Crippen LogP contribution >= 0.6 is 11.8 Å². The Labute approximate surface area is 156 Å². The van der Waals surface area contributed by atoms with E-state index < -0.39 is 0 Å². The van der Waals surface area contributed by atoms with Crippen molar-refractivity contribution in [1.29, 1.82) is 0 Å². The first-order valence-electron chi connectivity index (χ1n) is 8.64. The second kappa shape index (κ2) is 7.37. The van der Waals surface area contributed by atoms with Crippen LogP contribution in [0.4, 0.5) is 0 Å². The molecule has 1 aromatic carbocycles. The van der Waals surface area contributed by atoms with Gasteiger partial charge < -0.3 is 9.32 Å². The fourth-order valence-corrected chi connectivity index (χ4v) is 3.66. The van der Waals surface area contributed by atoms with Crippen molar-refractivity contribution in [3.05, 3.63) is 60.3 Å². The van der Waals surface area contributed by atoms with E-state index in [0.717, 1.165) is 30.0 Å². The predicted molar refractivity (Wildman–Crippen MR) is 99.1 cm³/mol. The van der Waals surface area contributed by atoms with Crippen LogP contribution in [0.5, 0.6) is 0 Å². The normalized spacial score (nSPS) is 13.7. The first kappa shape index (κ1) is 16.9. The van der Waals surface area contributed by atoms with Crippen molar-refractivity contribution in [1.82, 2.24) is 19.7 Å². The second-order valence-corrected chi connectivity index (χ2v) is 7.32. The van der Waals surface area contributed by atoms with Gasteiger partial charge in [-0.05, 0) is 44.0 Å². The number of hydrogen-bond donors (Lipinski definition) is 0. The number of amides is 1. The van der Waals surface area contributed by atoms with Crippen LogP contribution in [0.1, 0.15) is 24.4 Å². The lowest BCUT2D eigenvalue weighted by Crippen LogP contribution is -2.33. The number of nitrogens with zero attached hydrogens (tertiary/aromatic N) is 4. The third-order valence-corrected chi connectivity index (χ3v) is 5.23. The third-order valence-electron chi connectivity index (χ3n) is 4.31. The quantitative estimate of drug-likeness (QED) is 0.598. The summed E-state index contributed by atoms with van der Waals surface area (Å²) in [6.07, 6.45) is 3.80. The van der Waals surface area contributed by atoms with Crippen LogP contribution in [0.15, 0.2) is 58.4 Å². The molecule has 1 aliphatic rings. The molecule has 0 bridgehead atoms. The van der Waals surface area contributed by atoms with Gasteiger partial charge in [0.25, 0.3) is 0 Å². The Kier molecular flexibility index (Phi) is 4.79. The zero-order valence-electron chi connectivity index (χ0n) is 14.5. The number of thioether (sulfide) groups is 1. The zero-order chi connectivity index (χ0) is 17.9. The highest BCUT2D eigenvalue weighted by Crippen LogP contribution is 2.30. The van der Waals surface area contributed by atoms with E-state index >= 15 is 0 Å². The summed E-state index contributed by atoms with van der Waals surface area (Å²) in [7, 11) is 0. The number of furan rings is 1. The van der Waals surface area contributed by atoms with Crippen LogP contribution in [0.2, 0.25) is 0 Å². The third kappa shape index (κ3) is 3.83. The predicted octanol–water partition coefficient (Wildman–Crippen LogP) is 3.45. The summed E-state index contributed by atoms with van der Waals surface area (Å²) in [6, 6.07) is 14.1. The molecule has 6 nitrogen and oxygen atoms in total. The monoisotopic (exact) mass is 368 g/mol. The van der Waals surface area contributed by atoms with Crippen LogP contribution in [0.25, 0.3) is 5.69 Å². The van der Waals surface area contributed by atoms with E-state index in [-0.39, 0.29) is 5.91 Å². The summed E-state index contributed by atoms with van der Waals surface area (Å²) in [4.78, 5) is 14.7. The van der Waals surface area contributed by atoms with Gasteiger partial charge in [-0.1, -0.05) is 30.0 Å². The highest BCUT2D eigenvalue weighted by Gasteiger charge is 2.33. The molecule has 0 radical (unpaired) electrons. The van der Waals surface area contributed by atoms with Gasteiger partial charge in [0.05, 0.1) is 12.3 Å². The Morgan fingerprint density at radius 3 is 2.77 bits per heavy atom. The van der Waals surface area contributed by atoms with Crippen molar-refractivity contribution in [2.24, 2.45) is 0 Å². The molecule has 134 valence electrons. The Morgan fingerprint density at radius 1 is 1.27 bits per heavy atom. The topological polar surface area (TPSA) is 64.2 Å². The van der Waals surface area contributed by atoms with Gasteiger partial charge >= 0.3 is 0 Å². The van der Waals surface area contributed by atoms with Gasteiger partial charge in [0, 0.05) is 11.7 Å².